The molecule has 1 amide bonds. The van der Waals surface area contributed by atoms with E-state index in [0.717, 1.165) is 5.56 Å². The Morgan fingerprint density at radius 1 is 1.25 bits per heavy atom. The largest absolute Gasteiger partial charge is 0.489 e. The number of aryl methyl sites for hydroxylation is 1. The molecule has 1 aliphatic rings. The Bertz CT molecular complexity index is 710. The van der Waals surface area contributed by atoms with Crippen LogP contribution in [0, 0.1) is 12.8 Å². The molecular weight excluding hydrogens is 300 g/mol. The van der Waals surface area contributed by atoms with Crippen LogP contribution < -0.4 is 15.8 Å². The molecule has 4 heteroatoms. The molecule has 2 aromatic rings. The molecule has 24 heavy (non-hydrogen) atoms. The van der Waals surface area contributed by atoms with Gasteiger partial charge in [0.2, 0.25) is 0 Å². The van der Waals surface area contributed by atoms with Gasteiger partial charge in [-0.2, -0.15) is 0 Å². The molecule has 0 aromatic heterocycles. The normalized spacial score (nSPS) is 14.9. The van der Waals surface area contributed by atoms with Crippen LogP contribution in [0.25, 0.3) is 0 Å². The van der Waals surface area contributed by atoms with Gasteiger partial charge in [0.15, 0.2) is 0 Å². The maximum atomic E-state index is 12.2. The molecule has 0 bridgehead atoms. The van der Waals surface area contributed by atoms with Crippen molar-refractivity contribution in [1.82, 2.24) is 5.32 Å². The third-order valence-corrected chi connectivity index (χ3v) is 4.31. The standard InChI is InChI=1S/C20H24N2O2/c1-14-4-2-5-15(10-14)13-24-18-7-3-6-17(11-18)20(23)22-12-19(21)16-8-9-16/h2-7,10-11,16,19H,8-9,12-13,21H2,1H3,(H,22,23). The Kier molecular flexibility index (Phi) is 5.16. The fourth-order valence-corrected chi connectivity index (χ4v) is 2.70. The molecule has 0 radical (unpaired) electrons. The van der Waals surface area contributed by atoms with Crippen LogP contribution >= 0.6 is 0 Å². The number of amides is 1. The Morgan fingerprint density at radius 2 is 2.04 bits per heavy atom. The SMILES string of the molecule is Cc1cccc(COc2cccc(C(=O)NCC(N)C3CC3)c2)c1. The number of benzene rings is 2. The number of carbonyl (C=O) groups is 1. The summed E-state index contributed by atoms with van der Waals surface area (Å²) >= 11 is 0. The number of carbonyl (C=O) groups excluding carboxylic acids is 1. The molecule has 0 spiro atoms. The van der Waals surface area contributed by atoms with E-state index in [1.54, 1.807) is 12.1 Å². The monoisotopic (exact) mass is 324 g/mol. The summed E-state index contributed by atoms with van der Waals surface area (Å²) in [5, 5.41) is 2.91. The van der Waals surface area contributed by atoms with Gasteiger partial charge in [-0.25, -0.2) is 0 Å². The second-order valence-electron chi connectivity index (χ2n) is 6.52. The van der Waals surface area contributed by atoms with Gasteiger partial charge in [-0.1, -0.05) is 35.9 Å². The quantitative estimate of drug-likeness (QED) is 0.823. The van der Waals surface area contributed by atoms with Crippen molar-refractivity contribution in [3.8, 4) is 5.75 Å². The van der Waals surface area contributed by atoms with E-state index in [1.165, 1.54) is 18.4 Å². The van der Waals surface area contributed by atoms with E-state index in [1.807, 2.05) is 24.3 Å². The van der Waals surface area contributed by atoms with Crippen molar-refractivity contribution < 1.29 is 9.53 Å². The summed E-state index contributed by atoms with van der Waals surface area (Å²) in [7, 11) is 0. The van der Waals surface area contributed by atoms with Gasteiger partial charge in [0, 0.05) is 18.2 Å². The first-order valence-corrected chi connectivity index (χ1v) is 8.44. The lowest BCUT2D eigenvalue weighted by molar-refractivity contribution is 0.0950. The third kappa shape index (κ3) is 4.59. The lowest BCUT2D eigenvalue weighted by atomic mass is 10.1. The highest BCUT2D eigenvalue weighted by molar-refractivity contribution is 5.94. The number of hydrogen-bond donors (Lipinski definition) is 2. The number of nitrogens with two attached hydrogens (primary N) is 1. The van der Waals surface area contributed by atoms with Crippen molar-refractivity contribution in [2.24, 2.45) is 11.7 Å². The number of rotatable bonds is 7. The van der Waals surface area contributed by atoms with Crippen LogP contribution in [0.15, 0.2) is 48.5 Å². The Labute approximate surface area is 143 Å². The Balaban J connectivity index is 1.55. The van der Waals surface area contributed by atoms with Gasteiger partial charge in [-0.15, -0.1) is 0 Å². The molecule has 4 nitrogen and oxygen atoms in total. The van der Waals surface area contributed by atoms with Gasteiger partial charge in [-0.05, 0) is 49.4 Å². The topological polar surface area (TPSA) is 64.3 Å². The summed E-state index contributed by atoms with van der Waals surface area (Å²) < 4.78 is 5.81. The van der Waals surface area contributed by atoms with E-state index < -0.39 is 0 Å². The predicted octanol–water partition coefficient (Wildman–Crippen LogP) is 3.04. The summed E-state index contributed by atoms with van der Waals surface area (Å²) in [5.41, 5.74) is 8.93. The smallest absolute Gasteiger partial charge is 0.251 e. The molecule has 0 heterocycles. The zero-order valence-electron chi connectivity index (χ0n) is 14.0. The molecule has 1 unspecified atom stereocenters. The third-order valence-electron chi connectivity index (χ3n) is 4.31. The summed E-state index contributed by atoms with van der Waals surface area (Å²) in [4.78, 5) is 12.2. The fraction of sp³-hybridized carbons (Fsp3) is 0.350. The lowest BCUT2D eigenvalue weighted by Gasteiger charge is -2.12. The maximum Gasteiger partial charge on any atom is 0.251 e. The van der Waals surface area contributed by atoms with Crippen LogP contribution in [0.3, 0.4) is 0 Å². The second-order valence-corrected chi connectivity index (χ2v) is 6.52. The van der Waals surface area contributed by atoms with E-state index in [-0.39, 0.29) is 11.9 Å². The second kappa shape index (κ2) is 7.49. The highest BCUT2D eigenvalue weighted by Gasteiger charge is 2.28. The molecule has 1 fully saturated rings. The van der Waals surface area contributed by atoms with Crippen molar-refractivity contribution in [3.05, 3.63) is 65.2 Å². The molecule has 1 aliphatic carbocycles. The van der Waals surface area contributed by atoms with Gasteiger partial charge in [0.05, 0.1) is 0 Å². The van der Waals surface area contributed by atoms with Gasteiger partial charge >= 0.3 is 0 Å². The first-order chi connectivity index (χ1) is 11.6. The van der Waals surface area contributed by atoms with Crippen molar-refractivity contribution in [2.45, 2.75) is 32.4 Å². The van der Waals surface area contributed by atoms with Crippen LogP contribution in [0.5, 0.6) is 5.75 Å². The molecule has 3 N–H and O–H groups in total. The predicted molar refractivity (Wildman–Crippen MR) is 95.0 cm³/mol. The fourth-order valence-electron chi connectivity index (χ4n) is 2.70. The van der Waals surface area contributed by atoms with Crippen LogP contribution in [0.4, 0.5) is 0 Å². The van der Waals surface area contributed by atoms with Crippen LogP contribution in [0.2, 0.25) is 0 Å². The first-order valence-electron chi connectivity index (χ1n) is 8.44. The van der Waals surface area contributed by atoms with Crippen molar-refractivity contribution in [3.63, 3.8) is 0 Å². The summed E-state index contributed by atoms with van der Waals surface area (Å²) in [6.07, 6.45) is 2.36. The average molecular weight is 324 g/mol. The van der Waals surface area contributed by atoms with Crippen molar-refractivity contribution >= 4 is 5.91 Å². The highest BCUT2D eigenvalue weighted by Crippen LogP contribution is 2.31. The van der Waals surface area contributed by atoms with E-state index in [9.17, 15) is 4.79 Å². The first kappa shape index (κ1) is 16.5. The summed E-state index contributed by atoms with van der Waals surface area (Å²) in [5.74, 6) is 1.16. The number of nitrogens with one attached hydrogen (secondary N) is 1. The van der Waals surface area contributed by atoms with Crippen LogP contribution in [-0.2, 0) is 6.61 Å². The average Bonchev–Trinajstić information content (AvgIpc) is 3.43. The molecule has 126 valence electrons. The summed E-state index contributed by atoms with van der Waals surface area (Å²) in [6, 6.07) is 15.5. The lowest BCUT2D eigenvalue weighted by Crippen LogP contribution is -2.38. The van der Waals surface area contributed by atoms with E-state index in [4.69, 9.17) is 10.5 Å². The Hall–Kier alpha value is -2.33. The van der Waals surface area contributed by atoms with Crippen LogP contribution in [-0.4, -0.2) is 18.5 Å². The zero-order chi connectivity index (χ0) is 16.9. The molecule has 2 aromatic carbocycles. The van der Waals surface area contributed by atoms with Gasteiger partial charge in [0.25, 0.3) is 5.91 Å². The Morgan fingerprint density at radius 3 is 2.79 bits per heavy atom. The van der Waals surface area contributed by atoms with Crippen LogP contribution in [0.1, 0.15) is 34.3 Å². The van der Waals surface area contributed by atoms with Crippen molar-refractivity contribution in [1.29, 1.82) is 0 Å². The minimum absolute atomic E-state index is 0.0645. The molecule has 1 saturated carbocycles. The van der Waals surface area contributed by atoms with E-state index in [0.29, 0.717) is 30.4 Å². The number of hydrogen-bond acceptors (Lipinski definition) is 3. The molecule has 0 aliphatic heterocycles. The molecule has 0 saturated heterocycles. The van der Waals surface area contributed by atoms with E-state index >= 15 is 0 Å². The molecule has 3 rings (SSSR count). The molecule has 1 atom stereocenters. The minimum atomic E-state index is -0.105. The van der Waals surface area contributed by atoms with Gasteiger partial charge in [0.1, 0.15) is 12.4 Å². The van der Waals surface area contributed by atoms with Crippen molar-refractivity contribution in [2.75, 3.05) is 6.54 Å². The highest BCUT2D eigenvalue weighted by atomic mass is 16.5. The summed E-state index contributed by atoms with van der Waals surface area (Å²) in [6.45, 7) is 3.07. The number of ether oxygens (including phenoxy) is 1. The molecular formula is C20H24N2O2. The maximum absolute atomic E-state index is 12.2. The van der Waals surface area contributed by atoms with Gasteiger partial charge < -0.3 is 15.8 Å². The zero-order valence-corrected chi connectivity index (χ0v) is 14.0. The minimum Gasteiger partial charge on any atom is -0.489 e. The van der Waals surface area contributed by atoms with E-state index in [2.05, 4.69) is 24.4 Å². The van der Waals surface area contributed by atoms with Gasteiger partial charge in [-0.3, -0.25) is 4.79 Å².